The summed E-state index contributed by atoms with van der Waals surface area (Å²) in [5.41, 5.74) is 0. The van der Waals surface area contributed by atoms with Crippen molar-refractivity contribution in [1.29, 1.82) is 0 Å². The Bertz CT molecular complexity index is 103. The topological polar surface area (TPSA) is 21.7 Å². The zero-order valence-electron chi connectivity index (χ0n) is 7.25. The summed E-state index contributed by atoms with van der Waals surface area (Å²) < 4.78 is 13.0. The SMILES string of the molecule is CCP(OC)N1CCOCC1. The second-order valence-electron chi connectivity index (χ2n) is 2.42. The minimum absolute atomic E-state index is 0.321. The third-order valence-corrected chi connectivity index (χ3v) is 3.78. The Morgan fingerprint density at radius 3 is 2.55 bits per heavy atom. The first-order valence-corrected chi connectivity index (χ1v) is 5.42. The highest BCUT2D eigenvalue weighted by Crippen LogP contribution is 2.39. The standard InChI is InChI=1S/C7H16NO2P/c1-3-11(9-2)8-4-6-10-7-5-8/h3-7H2,1-2H3. The number of hydrogen-bond donors (Lipinski definition) is 0. The van der Waals surface area contributed by atoms with Crippen molar-refractivity contribution in [2.75, 3.05) is 39.6 Å². The monoisotopic (exact) mass is 177 g/mol. The van der Waals surface area contributed by atoms with Crippen LogP contribution in [0, 0.1) is 0 Å². The largest absolute Gasteiger partial charge is 0.379 e. The molecule has 1 fully saturated rings. The smallest absolute Gasteiger partial charge is 0.103 e. The van der Waals surface area contributed by atoms with E-state index in [-0.39, 0.29) is 8.30 Å². The lowest BCUT2D eigenvalue weighted by molar-refractivity contribution is 0.0708. The Kier molecular flexibility index (Phi) is 4.31. The van der Waals surface area contributed by atoms with E-state index in [0.29, 0.717) is 0 Å². The molecule has 0 aromatic rings. The predicted octanol–water partition coefficient (Wildman–Crippen LogP) is 1.30. The summed E-state index contributed by atoms with van der Waals surface area (Å²) in [7, 11) is 1.48. The summed E-state index contributed by atoms with van der Waals surface area (Å²) >= 11 is 0. The van der Waals surface area contributed by atoms with E-state index in [0.717, 1.165) is 32.5 Å². The molecule has 0 aliphatic carbocycles. The van der Waals surface area contributed by atoms with Gasteiger partial charge in [-0.05, 0) is 0 Å². The Balaban J connectivity index is 2.30. The summed E-state index contributed by atoms with van der Waals surface area (Å²) in [4.78, 5) is 0. The van der Waals surface area contributed by atoms with Crippen LogP contribution in [0.25, 0.3) is 0 Å². The molecule has 0 N–H and O–H groups in total. The molecule has 0 spiro atoms. The summed E-state index contributed by atoms with van der Waals surface area (Å²) in [6.45, 7) is 5.97. The maximum absolute atomic E-state index is 5.37. The van der Waals surface area contributed by atoms with Gasteiger partial charge in [-0.2, -0.15) is 0 Å². The van der Waals surface area contributed by atoms with Gasteiger partial charge in [0.15, 0.2) is 0 Å². The lowest BCUT2D eigenvalue weighted by atomic mass is 10.5. The Morgan fingerprint density at radius 1 is 1.45 bits per heavy atom. The van der Waals surface area contributed by atoms with E-state index in [1.807, 2.05) is 0 Å². The number of rotatable bonds is 3. The number of nitrogens with zero attached hydrogens (tertiary/aromatic N) is 1. The van der Waals surface area contributed by atoms with Crippen LogP contribution in [0.15, 0.2) is 0 Å². The van der Waals surface area contributed by atoms with Gasteiger partial charge in [-0.1, -0.05) is 6.92 Å². The third kappa shape index (κ3) is 2.68. The van der Waals surface area contributed by atoms with Crippen LogP contribution < -0.4 is 0 Å². The fourth-order valence-electron chi connectivity index (χ4n) is 1.22. The maximum Gasteiger partial charge on any atom is 0.103 e. The van der Waals surface area contributed by atoms with Crippen LogP contribution in [-0.2, 0) is 9.26 Å². The summed E-state index contributed by atoms with van der Waals surface area (Å²) in [6, 6.07) is 0. The van der Waals surface area contributed by atoms with Crippen LogP contribution in [0.4, 0.5) is 0 Å². The normalized spacial score (nSPS) is 23.5. The highest BCUT2D eigenvalue weighted by Gasteiger charge is 2.18. The molecule has 1 heterocycles. The minimum Gasteiger partial charge on any atom is -0.379 e. The molecule has 1 saturated heterocycles. The van der Waals surface area contributed by atoms with Crippen LogP contribution in [-0.4, -0.2) is 44.2 Å². The molecular formula is C7H16NO2P. The molecule has 1 rings (SSSR count). The van der Waals surface area contributed by atoms with Crippen molar-refractivity contribution in [3.63, 3.8) is 0 Å². The van der Waals surface area contributed by atoms with Crippen molar-refractivity contribution in [3.8, 4) is 0 Å². The predicted molar refractivity (Wildman–Crippen MR) is 46.9 cm³/mol. The molecule has 0 saturated carbocycles. The van der Waals surface area contributed by atoms with Gasteiger partial charge >= 0.3 is 0 Å². The van der Waals surface area contributed by atoms with E-state index in [4.69, 9.17) is 9.26 Å². The van der Waals surface area contributed by atoms with Crippen LogP contribution in [0.3, 0.4) is 0 Å². The highest BCUT2D eigenvalue weighted by atomic mass is 31.2. The minimum atomic E-state index is -0.321. The zero-order chi connectivity index (χ0) is 8.10. The van der Waals surface area contributed by atoms with Crippen molar-refractivity contribution in [2.45, 2.75) is 6.92 Å². The van der Waals surface area contributed by atoms with Gasteiger partial charge < -0.3 is 9.26 Å². The first-order valence-electron chi connectivity index (χ1n) is 4.02. The van der Waals surface area contributed by atoms with E-state index in [1.54, 1.807) is 7.11 Å². The van der Waals surface area contributed by atoms with Crippen LogP contribution in [0.1, 0.15) is 6.92 Å². The van der Waals surface area contributed by atoms with Crippen LogP contribution >= 0.6 is 8.30 Å². The van der Waals surface area contributed by atoms with Crippen LogP contribution in [0.2, 0.25) is 0 Å². The van der Waals surface area contributed by atoms with Crippen molar-refractivity contribution in [3.05, 3.63) is 0 Å². The fourth-order valence-corrected chi connectivity index (χ4v) is 2.72. The molecule has 1 aliphatic rings. The molecule has 1 unspecified atom stereocenters. The van der Waals surface area contributed by atoms with E-state index in [9.17, 15) is 0 Å². The second kappa shape index (κ2) is 5.04. The van der Waals surface area contributed by atoms with Crippen LogP contribution in [0.5, 0.6) is 0 Å². The maximum atomic E-state index is 5.37. The van der Waals surface area contributed by atoms with Gasteiger partial charge in [0.05, 0.1) is 13.2 Å². The first kappa shape index (κ1) is 9.40. The second-order valence-corrected chi connectivity index (χ2v) is 4.68. The van der Waals surface area contributed by atoms with Gasteiger partial charge in [-0.15, -0.1) is 0 Å². The average molecular weight is 177 g/mol. The molecule has 1 aliphatic heterocycles. The van der Waals surface area contributed by atoms with Crippen molar-refractivity contribution in [1.82, 2.24) is 4.67 Å². The zero-order valence-corrected chi connectivity index (χ0v) is 8.14. The number of morpholine rings is 1. The van der Waals surface area contributed by atoms with Crippen molar-refractivity contribution < 1.29 is 9.26 Å². The van der Waals surface area contributed by atoms with Gasteiger partial charge in [0.2, 0.25) is 0 Å². The van der Waals surface area contributed by atoms with Crippen molar-refractivity contribution in [2.24, 2.45) is 0 Å². The lowest BCUT2D eigenvalue weighted by Crippen LogP contribution is -2.33. The molecule has 0 aromatic heterocycles. The van der Waals surface area contributed by atoms with Gasteiger partial charge in [0, 0.05) is 26.4 Å². The molecule has 0 bridgehead atoms. The number of hydrogen-bond acceptors (Lipinski definition) is 3. The molecule has 1 atom stereocenters. The van der Waals surface area contributed by atoms with Gasteiger partial charge in [0.25, 0.3) is 0 Å². The molecule has 0 radical (unpaired) electrons. The Labute approximate surface area is 69.6 Å². The summed E-state index contributed by atoms with van der Waals surface area (Å²) in [5, 5.41) is 0. The lowest BCUT2D eigenvalue weighted by Gasteiger charge is -2.31. The first-order chi connectivity index (χ1) is 5.38. The average Bonchev–Trinajstić information content (AvgIpc) is 2.09. The Morgan fingerprint density at radius 2 is 2.09 bits per heavy atom. The van der Waals surface area contributed by atoms with Gasteiger partial charge in [0.1, 0.15) is 8.30 Å². The van der Waals surface area contributed by atoms with Gasteiger partial charge in [-0.25, -0.2) is 0 Å². The molecule has 0 amide bonds. The van der Waals surface area contributed by atoms with Gasteiger partial charge in [-0.3, -0.25) is 4.67 Å². The number of ether oxygens (including phenoxy) is 1. The molecule has 4 heteroatoms. The molecule has 0 aromatic carbocycles. The quantitative estimate of drug-likeness (QED) is 0.606. The van der Waals surface area contributed by atoms with E-state index in [1.165, 1.54) is 0 Å². The summed E-state index contributed by atoms with van der Waals surface area (Å²) in [5.74, 6) is 0. The van der Waals surface area contributed by atoms with E-state index in [2.05, 4.69) is 11.6 Å². The van der Waals surface area contributed by atoms with Crippen molar-refractivity contribution >= 4 is 8.30 Å². The molecule has 66 valence electrons. The third-order valence-electron chi connectivity index (χ3n) is 1.78. The molecular weight excluding hydrogens is 161 g/mol. The fraction of sp³-hybridized carbons (Fsp3) is 1.00. The van der Waals surface area contributed by atoms with E-state index >= 15 is 0 Å². The molecule has 3 nitrogen and oxygen atoms in total. The molecule has 11 heavy (non-hydrogen) atoms. The Hall–Kier alpha value is 0.310. The summed E-state index contributed by atoms with van der Waals surface area (Å²) in [6.07, 6.45) is 1.12. The van der Waals surface area contributed by atoms with E-state index < -0.39 is 0 Å². The highest BCUT2D eigenvalue weighted by molar-refractivity contribution is 7.49.